The van der Waals surface area contributed by atoms with Gasteiger partial charge in [0.15, 0.2) is 6.29 Å². The highest BCUT2D eigenvalue weighted by molar-refractivity contribution is 5.96. The summed E-state index contributed by atoms with van der Waals surface area (Å²) in [5.74, 6) is 0.651. The van der Waals surface area contributed by atoms with Gasteiger partial charge in [0.25, 0.3) is 0 Å². The van der Waals surface area contributed by atoms with E-state index in [0.29, 0.717) is 11.3 Å². The summed E-state index contributed by atoms with van der Waals surface area (Å²) in [6.07, 6.45) is 0.811. The Morgan fingerprint density at radius 3 is 2.64 bits per heavy atom. The van der Waals surface area contributed by atoms with Crippen LogP contribution in [0, 0.1) is 0 Å². The van der Waals surface area contributed by atoms with Gasteiger partial charge in [0.05, 0.1) is 12.7 Å². The summed E-state index contributed by atoms with van der Waals surface area (Å²) in [5.41, 5.74) is 0.589. The quantitative estimate of drug-likeness (QED) is 0.674. The Morgan fingerprint density at radius 1 is 1.14 bits per heavy atom. The summed E-state index contributed by atoms with van der Waals surface area (Å²) in [7, 11) is 1.58. The average molecular weight is 186 g/mol. The molecule has 0 spiro atoms. The van der Waals surface area contributed by atoms with E-state index in [9.17, 15) is 4.79 Å². The maximum absolute atomic E-state index is 10.7. The summed E-state index contributed by atoms with van der Waals surface area (Å²) in [6.45, 7) is 0. The van der Waals surface area contributed by atoms with Crippen LogP contribution in [-0.4, -0.2) is 13.4 Å². The van der Waals surface area contributed by atoms with E-state index in [-0.39, 0.29) is 0 Å². The molecule has 0 aliphatic rings. The Hall–Kier alpha value is -1.83. The van der Waals surface area contributed by atoms with E-state index in [2.05, 4.69) is 0 Å². The minimum absolute atomic E-state index is 0.589. The number of carbonyl (C=O) groups excluding carboxylic acids is 1. The molecule has 0 aliphatic carbocycles. The molecular formula is C12H10O2. The van der Waals surface area contributed by atoms with Crippen LogP contribution < -0.4 is 4.74 Å². The number of aldehydes is 1. The molecule has 0 fully saturated rings. The van der Waals surface area contributed by atoms with E-state index >= 15 is 0 Å². The maximum atomic E-state index is 10.7. The molecule has 2 heteroatoms. The van der Waals surface area contributed by atoms with E-state index in [0.717, 1.165) is 17.1 Å². The molecule has 0 atom stereocenters. The Balaban J connectivity index is 2.83. The van der Waals surface area contributed by atoms with Gasteiger partial charge in [-0.25, -0.2) is 0 Å². The van der Waals surface area contributed by atoms with E-state index < -0.39 is 0 Å². The first-order valence-corrected chi connectivity index (χ1v) is 4.37. The van der Waals surface area contributed by atoms with E-state index in [1.807, 2.05) is 30.3 Å². The third-order valence-electron chi connectivity index (χ3n) is 2.24. The third-order valence-corrected chi connectivity index (χ3v) is 2.24. The lowest BCUT2D eigenvalue weighted by atomic mass is 10.1. The molecule has 0 radical (unpaired) electrons. The molecule has 0 N–H and O–H groups in total. The summed E-state index contributed by atoms with van der Waals surface area (Å²) in [6, 6.07) is 11.5. The third kappa shape index (κ3) is 1.25. The minimum Gasteiger partial charge on any atom is -0.495 e. The number of fused-ring (bicyclic) bond motifs is 1. The maximum Gasteiger partial charge on any atom is 0.153 e. The number of carbonyl (C=O) groups is 1. The lowest BCUT2D eigenvalue weighted by Crippen LogP contribution is -1.91. The van der Waals surface area contributed by atoms with Gasteiger partial charge in [-0.2, -0.15) is 0 Å². The fraction of sp³-hybridized carbons (Fsp3) is 0.0833. The zero-order valence-electron chi connectivity index (χ0n) is 7.86. The predicted octanol–water partition coefficient (Wildman–Crippen LogP) is 2.66. The van der Waals surface area contributed by atoms with Crippen LogP contribution in [0.1, 0.15) is 10.4 Å². The first-order valence-electron chi connectivity index (χ1n) is 4.37. The number of methoxy groups -OCH3 is 1. The topological polar surface area (TPSA) is 26.3 Å². The molecule has 0 bridgehead atoms. The SMILES string of the molecule is COc1c(C=O)ccc2ccccc12. The molecular weight excluding hydrogens is 176 g/mol. The molecule has 2 nitrogen and oxygen atoms in total. The predicted molar refractivity (Wildman–Crippen MR) is 55.9 cm³/mol. The zero-order valence-corrected chi connectivity index (χ0v) is 7.86. The van der Waals surface area contributed by atoms with Crippen LogP contribution >= 0.6 is 0 Å². The van der Waals surface area contributed by atoms with Crippen molar-refractivity contribution in [3.8, 4) is 5.75 Å². The van der Waals surface area contributed by atoms with Crippen molar-refractivity contribution in [2.45, 2.75) is 0 Å². The standard InChI is InChI=1S/C12H10O2/c1-14-12-10(8-13)7-6-9-4-2-3-5-11(9)12/h2-8H,1H3. The van der Waals surface area contributed by atoms with E-state index in [1.165, 1.54) is 0 Å². The number of rotatable bonds is 2. The summed E-state index contributed by atoms with van der Waals surface area (Å²) < 4.78 is 5.22. The van der Waals surface area contributed by atoms with Crippen LogP contribution in [0.25, 0.3) is 10.8 Å². The van der Waals surface area contributed by atoms with Crippen LogP contribution in [0.4, 0.5) is 0 Å². The van der Waals surface area contributed by atoms with Crippen molar-refractivity contribution in [1.82, 2.24) is 0 Å². The largest absolute Gasteiger partial charge is 0.495 e. The number of hydrogen-bond donors (Lipinski definition) is 0. The molecule has 0 saturated heterocycles. The monoisotopic (exact) mass is 186 g/mol. The molecule has 14 heavy (non-hydrogen) atoms. The Bertz CT molecular complexity index is 475. The lowest BCUT2D eigenvalue weighted by molar-refractivity contribution is 0.112. The molecule has 0 unspecified atom stereocenters. The van der Waals surface area contributed by atoms with Gasteiger partial charge < -0.3 is 4.74 Å². The van der Waals surface area contributed by atoms with Crippen molar-refractivity contribution in [3.63, 3.8) is 0 Å². The van der Waals surface area contributed by atoms with Gasteiger partial charge in [-0.05, 0) is 11.5 Å². The highest BCUT2D eigenvalue weighted by Gasteiger charge is 2.05. The molecule has 70 valence electrons. The van der Waals surface area contributed by atoms with Crippen molar-refractivity contribution in [1.29, 1.82) is 0 Å². The Morgan fingerprint density at radius 2 is 1.93 bits per heavy atom. The van der Waals surface area contributed by atoms with Crippen molar-refractivity contribution < 1.29 is 9.53 Å². The number of hydrogen-bond acceptors (Lipinski definition) is 2. The molecule has 0 aliphatic heterocycles. The second-order valence-corrected chi connectivity index (χ2v) is 3.03. The fourth-order valence-electron chi connectivity index (χ4n) is 1.58. The van der Waals surface area contributed by atoms with Gasteiger partial charge in [-0.15, -0.1) is 0 Å². The fourth-order valence-corrected chi connectivity index (χ4v) is 1.58. The highest BCUT2D eigenvalue weighted by Crippen LogP contribution is 2.28. The second-order valence-electron chi connectivity index (χ2n) is 3.03. The highest BCUT2D eigenvalue weighted by atomic mass is 16.5. The normalized spacial score (nSPS) is 10.1. The van der Waals surface area contributed by atoms with E-state index in [1.54, 1.807) is 13.2 Å². The second kappa shape index (κ2) is 3.50. The van der Waals surface area contributed by atoms with Crippen molar-refractivity contribution in [3.05, 3.63) is 42.0 Å². The summed E-state index contributed by atoms with van der Waals surface area (Å²) in [5, 5.41) is 2.05. The zero-order chi connectivity index (χ0) is 9.97. The van der Waals surface area contributed by atoms with Gasteiger partial charge in [0.1, 0.15) is 5.75 Å². The van der Waals surface area contributed by atoms with Gasteiger partial charge >= 0.3 is 0 Å². The van der Waals surface area contributed by atoms with Crippen LogP contribution in [0.5, 0.6) is 5.75 Å². The summed E-state index contributed by atoms with van der Waals surface area (Å²) in [4.78, 5) is 10.7. The molecule has 0 aromatic heterocycles. The molecule has 2 aromatic carbocycles. The molecule has 2 aromatic rings. The smallest absolute Gasteiger partial charge is 0.153 e. The average Bonchev–Trinajstić information content (AvgIpc) is 2.27. The molecule has 0 amide bonds. The van der Waals surface area contributed by atoms with Crippen molar-refractivity contribution in [2.24, 2.45) is 0 Å². The van der Waals surface area contributed by atoms with E-state index in [4.69, 9.17) is 4.74 Å². The number of benzene rings is 2. The van der Waals surface area contributed by atoms with Crippen LogP contribution in [-0.2, 0) is 0 Å². The Labute approximate surface area is 82.1 Å². The molecule has 0 saturated carbocycles. The van der Waals surface area contributed by atoms with Crippen LogP contribution in [0.2, 0.25) is 0 Å². The first-order chi connectivity index (χ1) is 6.86. The summed E-state index contributed by atoms with van der Waals surface area (Å²) >= 11 is 0. The number of ether oxygens (including phenoxy) is 1. The Kier molecular flexibility index (Phi) is 2.19. The van der Waals surface area contributed by atoms with Crippen LogP contribution in [0.3, 0.4) is 0 Å². The van der Waals surface area contributed by atoms with Gasteiger partial charge in [-0.3, -0.25) is 4.79 Å². The van der Waals surface area contributed by atoms with Crippen molar-refractivity contribution in [2.75, 3.05) is 7.11 Å². The van der Waals surface area contributed by atoms with Gasteiger partial charge in [0.2, 0.25) is 0 Å². The van der Waals surface area contributed by atoms with Crippen molar-refractivity contribution >= 4 is 17.1 Å². The molecule has 2 rings (SSSR count). The van der Waals surface area contributed by atoms with Gasteiger partial charge in [0, 0.05) is 5.39 Å². The first kappa shape index (κ1) is 8.75. The lowest BCUT2D eigenvalue weighted by Gasteiger charge is -2.07. The van der Waals surface area contributed by atoms with Crippen LogP contribution in [0.15, 0.2) is 36.4 Å². The minimum atomic E-state index is 0.589. The van der Waals surface area contributed by atoms with Gasteiger partial charge in [-0.1, -0.05) is 30.3 Å². The molecule has 0 heterocycles.